The molecule has 148 valence electrons. The van der Waals surface area contributed by atoms with Gasteiger partial charge in [0.2, 0.25) is 5.91 Å². The SMILES string of the molecule is Cc1nc2ccccc2n1CCC(=O)N(C)C(C)c1ccc(S(C)(=O)=O)cc1. The lowest BCUT2D eigenvalue weighted by Gasteiger charge is -2.26. The minimum atomic E-state index is -3.23. The highest BCUT2D eigenvalue weighted by atomic mass is 32.2. The highest BCUT2D eigenvalue weighted by molar-refractivity contribution is 7.90. The van der Waals surface area contributed by atoms with E-state index in [-0.39, 0.29) is 16.8 Å². The smallest absolute Gasteiger partial charge is 0.224 e. The molecule has 3 aromatic rings. The van der Waals surface area contributed by atoms with Crippen LogP contribution in [0.25, 0.3) is 11.0 Å². The summed E-state index contributed by atoms with van der Waals surface area (Å²) in [6.07, 6.45) is 1.55. The van der Waals surface area contributed by atoms with Crippen LogP contribution in [0.2, 0.25) is 0 Å². The number of carbonyl (C=O) groups is 1. The van der Waals surface area contributed by atoms with Gasteiger partial charge in [-0.15, -0.1) is 0 Å². The molecule has 0 spiro atoms. The summed E-state index contributed by atoms with van der Waals surface area (Å²) in [4.78, 5) is 19.2. The van der Waals surface area contributed by atoms with Crippen LogP contribution in [0.3, 0.4) is 0 Å². The lowest BCUT2D eigenvalue weighted by atomic mass is 10.1. The Labute approximate surface area is 165 Å². The fourth-order valence-corrected chi connectivity index (χ4v) is 3.93. The van der Waals surface area contributed by atoms with Gasteiger partial charge in [0, 0.05) is 26.3 Å². The molecule has 0 N–H and O–H groups in total. The standard InChI is InChI=1S/C21H25N3O3S/c1-15(17-9-11-18(12-10-17)28(4,26)27)23(3)21(25)13-14-24-16(2)22-19-7-5-6-8-20(19)24/h5-12,15H,13-14H2,1-4H3. The molecule has 1 atom stereocenters. The van der Waals surface area contributed by atoms with Crippen molar-refractivity contribution in [3.05, 3.63) is 59.9 Å². The fraction of sp³-hybridized carbons (Fsp3) is 0.333. The number of fused-ring (bicyclic) bond motifs is 1. The molecule has 0 radical (unpaired) electrons. The van der Waals surface area contributed by atoms with Crippen LogP contribution in [-0.4, -0.2) is 42.1 Å². The molecule has 3 rings (SSSR count). The molecule has 1 unspecified atom stereocenters. The molecule has 0 bridgehead atoms. The molecule has 1 aromatic heterocycles. The van der Waals surface area contributed by atoms with Crippen molar-refractivity contribution in [1.82, 2.24) is 14.5 Å². The van der Waals surface area contributed by atoms with E-state index in [9.17, 15) is 13.2 Å². The van der Waals surface area contributed by atoms with Crippen molar-refractivity contribution in [2.24, 2.45) is 0 Å². The highest BCUT2D eigenvalue weighted by Crippen LogP contribution is 2.22. The van der Waals surface area contributed by atoms with Gasteiger partial charge in [0.05, 0.1) is 22.0 Å². The van der Waals surface area contributed by atoms with Gasteiger partial charge in [-0.1, -0.05) is 24.3 Å². The maximum Gasteiger partial charge on any atom is 0.224 e. The Morgan fingerprint density at radius 1 is 1.14 bits per heavy atom. The van der Waals surface area contributed by atoms with Crippen LogP contribution < -0.4 is 0 Å². The first kappa shape index (κ1) is 20.1. The summed E-state index contributed by atoms with van der Waals surface area (Å²) < 4.78 is 25.3. The van der Waals surface area contributed by atoms with Crippen LogP contribution in [0.15, 0.2) is 53.4 Å². The van der Waals surface area contributed by atoms with Crippen LogP contribution in [0.1, 0.15) is 30.8 Å². The van der Waals surface area contributed by atoms with E-state index in [1.165, 1.54) is 6.26 Å². The van der Waals surface area contributed by atoms with Gasteiger partial charge >= 0.3 is 0 Å². The molecule has 2 aromatic carbocycles. The first-order valence-electron chi connectivity index (χ1n) is 9.16. The van der Waals surface area contributed by atoms with Crippen LogP contribution >= 0.6 is 0 Å². The maximum absolute atomic E-state index is 12.7. The summed E-state index contributed by atoms with van der Waals surface area (Å²) >= 11 is 0. The van der Waals surface area contributed by atoms with E-state index in [0.29, 0.717) is 13.0 Å². The molecule has 1 amide bonds. The Balaban J connectivity index is 1.69. The van der Waals surface area contributed by atoms with Crippen molar-refractivity contribution >= 4 is 26.8 Å². The fourth-order valence-electron chi connectivity index (χ4n) is 3.30. The number of amides is 1. The second-order valence-electron chi connectivity index (χ2n) is 7.07. The van der Waals surface area contributed by atoms with E-state index in [1.807, 2.05) is 38.1 Å². The zero-order chi connectivity index (χ0) is 20.5. The number of imidazole rings is 1. The largest absolute Gasteiger partial charge is 0.339 e. The lowest BCUT2D eigenvalue weighted by Crippen LogP contribution is -2.30. The maximum atomic E-state index is 12.7. The topological polar surface area (TPSA) is 72.3 Å². The van der Waals surface area contributed by atoms with Gasteiger partial charge in [-0.05, 0) is 43.7 Å². The molecule has 0 aliphatic carbocycles. The lowest BCUT2D eigenvalue weighted by molar-refractivity contribution is -0.132. The van der Waals surface area contributed by atoms with E-state index in [1.54, 1.807) is 36.2 Å². The number of aryl methyl sites for hydroxylation is 2. The molecular weight excluding hydrogens is 374 g/mol. The molecule has 6 nitrogen and oxygen atoms in total. The number of aromatic nitrogens is 2. The number of para-hydroxylation sites is 2. The zero-order valence-corrected chi connectivity index (χ0v) is 17.4. The summed E-state index contributed by atoms with van der Waals surface area (Å²) in [7, 11) is -1.45. The van der Waals surface area contributed by atoms with E-state index in [2.05, 4.69) is 9.55 Å². The first-order valence-corrected chi connectivity index (χ1v) is 11.0. The van der Waals surface area contributed by atoms with Crippen LogP contribution in [0.4, 0.5) is 0 Å². The average molecular weight is 400 g/mol. The predicted molar refractivity (Wildman–Crippen MR) is 110 cm³/mol. The van der Waals surface area contributed by atoms with E-state index >= 15 is 0 Å². The zero-order valence-electron chi connectivity index (χ0n) is 16.6. The quantitative estimate of drug-likeness (QED) is 0.637. The number of hydrogen-bond donors (Lipinski definition) is 0. The van der Waals surface area contributed by atoms with Crippen LogP contribution in [0.5, 0.6) is 0 Å². The number of nitrogens with zero attached hydrogens (tertiary/aromatic N) is 3. The van der Waals surface area contributed by atoms with Crippen molar-refractivity contribution in [2.45, 2.75) is 37.8 Å². The van der Waals surface area contributed by atoms with Gasteiger partial charge in [0.25, 0.3) is 0 Å². The number of rotatable bonds is 6. The molecular formula is C21H25N3O3S. The van der Waals surface area contributed by atoms with Gasteiger partial charge in [0.1, 0.15) is 5.82 Å². The van der Waals surface area contributed by atoms with Crippen molar-refractivity contribution in [3.8, 4) is 0 Å². The number of hydrogen-bond acceptors (Lipinski definition) is 4. The van der Waals surface area contributed by atoms with Gasteiger partial charge in [0.15, 0.2) is 9.84 Å². The van der Waals surface area contributed by atoms with Gasteiger partial charge in [-0.2, -0.15) is 0 Å². The monoisotopic (exact) mass is 399 g/mol. The van der Waals surface area contributed by atoms with Crippen molar-refractivity contribution in [1.29, 1.82) is 0 Å². The highest BCUT2D eigenvalue weighted by Gasteiger charge is 2.19. The van der Waals surface area contributed by atoms with Gasteiger partial charge in [-0.3, -0.25) is 4.79 Å². The van der Waals surface area contributed by atoms with Crippen molar-refractivity contribution in [2.75, 3.05) is 13.3 Å². The minimum absolute atomic E-state index is 0.0249. The summed E-state index contributed by atoms with van der Waals surface area (Å²) in [5, 5.41) is 0. The second-order valence-corrected chi connectivity index (χ2v) is 9.09. The summed E-state index contributed by atoms with van der Waals surface area (Å²) in [5.41, 5.74) is 2.85. The molecule has 0 aliphatic rings. The van der Waals surface area contributed by atoms with Gasteiger partial charge < -0.3 is 9.47 Å². The Bertz CT molecular complexity index is 1100. The molecule has 0 fully saturated rings. The molecule has 28 heavy (non-hydrogen) atoms. The molecule has 1 heterocycles. The Kier molecular flexibility index (Phi) is 5.56. The Hall–Kier alpha value is -2.67. The van der Waals surface area contributed by atoms with E-state index in [0.717, 1.165) is 22.4 Å². The summed E-state index contributed by atoms with van der Waals surface area (Å²) in [5.74, 6) is 0.915. The third-order valence-electron chi connectivity index (χ3n) is 5.16. The summed E-state index contributed by atoms with van der Waals surface area (Å²) in [6.45, 7) is 4.45. The number of benzene rings is 2. The third-order valence-corrected chi connectivity index (χ3v) is 6.29. The Morgan fingerprint density at radius 2 is 1.79 bits per heavy atom. The van der Waals surface area contributed by atoms with E-state index in [4.69, 9.17) is 0 Å². The first-order chi connectivity index (χ1) is 13.2. The second kappa shape index (κ2) is 7.75. The van der Waals surface area contributed by atoms with E-state index < -0.39 is 9.84 Å². The predicted octanol–water partition coefficient (Wildman–Crippen LogP) is 3.36. The molecule has 0 aliphatic heterocycles. The number of carbonyl (C=O) groups excluding carboxylic acids is 1. The minimum Gasteiger partial charge on any atom is -0.339 e. The van der Waals surface area contributed by atoms with Crippen LogP contribution in [-0.2, 0) is 21.2 Å². The van der Waals surface area contributed by atoms with Gasteiger partial charge in [-0.25, -0.2) is 13.4 Å². The molecule has 0 saturated heterocycles. The number of sulfone groups is 1. The summed E-state index contributed by atoms with van der Waals surface area (Å²) in [6, 6.07) is 14.4. The van der Waals surface area contributed by atoms with Crippen molar-refractivity contribution in [3.63, 3.8) is 0 Å². The molecule has 0 saturated carbocycles. The third kappa shape index (κ3) is 4.09. The van der Waals surface area contributed by atoms with Crippen LogP contribution in [0, 0.1) is 6.92 Å². The Morgan fingerprint density at radius 3 is 2.43 bits per heavy atom. The average Bonchev–Trinajstić information content (AvgIpc) is 2.99. The normalized spacial score (nSPS) is 12.9. The van der Waals surface area contributed by atoms with Crippen molar-refractivity contribution < 1.29 is 13.2 Å². The molecule has 7 heteroatoms.